The predicted octanol–water partition coefficient (Wildman–Crippen LogP) is 2.77. The first-order chi connectivity index (χ1) is 10.5. The zero-order valence-electron chi connectivity index (χ0n) is 12.6. The van der Waals surface area contributed by atoms with Crippen molar-refractivity contribution in [2.45, 2.75) is 31.3 Å². The monoisotopic (exact) mass is 322 g/mol. The molecule has 1 saturated carbocycles. The van der Waals surface area contributed by atoms with Crippen LogP contribution in [0, 0.1) is 5.92 Å². The van der Waals surface area contributed by atoms with Crippen LogP contribution in [0.1, 0.15) is 31.4 Å². The van der Waals surface area contributed by atoms with Crippen LogP contribution in [-0.2, 0) is 9.53 Å². The first-order valence-electron chi connectivity index (χ1n) is 7.33. The van der Waals surface area contributed by atoms with Crippen molar-refractivity contribution in [1.82, 2.24) is 4.90 Å². The molecule has 5 nitrogen and oxygen atoms in total. The van der Waals surface area contributed by atoms with Crippen LogP contribution in [0.4, 0.5) is 0 Å². The van der Waals surface area contributed by atoms with Gasteiger partial charge in [0.15, 0.2) is 5.54 Å². The third-order valence-corrected chi connectivity index (χ3v) is 4.63. The molecular weight excluding hydrogens is 304 g/mol. The Hall–Kier alpha value is -1.75. The van der Waals surface area contributed by atoms with E-state index in [1.165, 1.54) is 26.0 Å². The number of aromatic hydroxyl groups is 1. The van der Waals surface area contributed by atoms with E-state index in [-0.39, 0.29) is 5.75 Å². The number of hydrogen-bond acceptors (Lipinski definition) is 5. The number of methoxy groups -OCH3 is 1. The zero-order chi connectivity index (χ0) is 15.9. The van der Waals surface area contributed by atoms with Crippen molar-refractivity contribution in [3.63, 3.8) is 0 Å². The van der Waals surface area contributed by atoms with E-state index in [0.29, 0.717) is 16.5 Å². The minimum Gasteiger partial charge on any atom is -0.508 e. The van der Waals surface area contributed by atoms with Crippen LogP contribution >= 0.6 is 11.6 Å². The smallest absolute Gasteiger partial charge is 0.336 e. The molecule has 2 atom stereocenters. The standard InChI is InChI=1S/C16H19ClN2O3/c1-16(15(21)22-2)14(12-6-5-11(17)7-13(12)20)19(9-18-16)8-10-3-4-10/h5-7,9-10,14,20H,3-4,8H2,1-2H3/t14-,16-/m0/s1. The number of halogens is 1. The van der Waals surface area contributed by atoms with Crippen LogP contribution < -0.4 is 0 Å². The van der Waals surface area contributed by atoms with Gasteiger partial charge in [0.2, 0.25) is 0 Å². The van der Waals surface area contributed by atoms with Gasteiger partial charge in [0, 0.05) is 17.1 Å². The minimum atomic E-state index is -1.07. The summed E-state index contributed by atoms with van der Waals surface area (Å²) in [5.74, 6) is 0.281. The van der Waals surface area contributed by atoms with Crippen molar-refractivity contribution >= 4 is 23.9 Å². The average Bonchev–Trinajstić information content (AvgIpc) is 3.24. The summed E-state index contributed by atoms with van der Waals surface area (Å²) in [6, 6.07) is 4.56. The first-order valence-corrected chi connectivity index (χ1v) is 7.71. The Kier molecular flexibility index (Phi) is 3.77. The third kappa shape index (κ3) is 2.54. The van der Waals surface area contributed by atoms with E-state index in [4.69, 9.17) is 16.3 Å². The number of benzene rings is 1. The second-order valence-electron chi connectivity index (χ2n) is 6.13. The van der Waals surface area contributed by atoms with Crippen LogP contribution in [-0.4, -0.2) is 41.5 Å². The zero-order valence-corrected chi connectivity index (χ0v) is 13.4. The fourth-order valence-electron chi connectivity index (χ4n) is 3.01. The Bertz CT molecular complexity index is 630. The van der Waals surface area contributed by atoms with Gasteiger partial charge in [-0.1, -0.05) is 17.7 Å². The lowest BCUT2D eigenvalue weighted by Gasteiger charge is -2.33. The van der Waals surface area contributed by atoms with E-state index in [1.807, 2.05) is 4.90 Å². The van der Waals surface area contributed by atoms with Crippen LogP contribution in [0.15, 0.2) is 23.2 Å². The van der Waals surface area contributed by atoms with Crippen LogP contribution in [0.5, 0.6) is 5.75 Å². The van der Waals surface area contributed by atoms with Gasteiger partial charge in [-0.15, -0.1) is 0 Å². The van der Waals surface area contributed by atoms with Gasteiger partial charge in [-0.25, -0.2) is 4.79 Å². The summed E-state index contributed by atoms with van der Waals surface area (Å²) in [6.45, 7) is 2.56. The molecule has 0 unspecified atom stereocenters. The lowest BCUT2D eigenvalue weighted by molar-refractivity contribution is -0.147. The number of aliphatic imine (C=N–C) groups is 1. The number of phenols is 1. The second-order valence-corrected chi connectivity index (χ2v) is 6.57. The summed E-state index contributed by atoms with van der Waals surface area (Å²) < 4.78 is 4.93. The number of carbonyl (C=O) groups is 1. The van der Waals surface area contributed by atoms with E-state index in [2.05, 4.69) is 4.99 Å². The maximum atomic E-state index is 12.3. The Morgan fingerprint density at radius 3 is 2.86 bits per heavy atom. The molecule has 0 bridgehead atoms. The highest BCUT2D eigenvalue weighted by Crippen LogP contribution is 2.44. The molecule has 22 heavy (non-hydrogen) atoms. The number of ether oxygens (including phenoxy) is 1. The van der Waals surface area contributed by atoms with Gasteiger partial charge < -0.3 is 14.7 Å². The highest BCUT2D eigenvalue weighted by Gasteiger charge is 2.50. The normalized spacial score (nSPS) is 27.2. The van der Waals surface area contributed by atoms with Gasteiger partial charge in [-0.2, -0.15) is 0 Å². The number of carbonyl (C=O) groups excluding carboxylic acids is 1. The first kappa shape index (κ1) is 15.2. The summed E-state index contributed by atoms with van der Waals surface area (Å²) in [5.41, 5.74) is -0.440. The van der Waals surface area contributed by atoms with Crippen molar-refractivity contribution in [3.8, 4) is 5.75 Å². The molecule has 118 valence electrons. The Labute approximate surface area is 134 Å². The van der Waals surface area contributed by atoms with Crippen molar-refractivity contribution < 1.29 is 14.6 Å². The fraction of sp³-hybridized carbons (Fsp3) is 0.500. The molecule has 1 aromatic rings. The highest BCUT2D eigenvalue weighted by atomic mass is 35.5. The van der Waals surface area contributed by atoms with Crippen molar-refractivity contribution in [3.05, 3.63) is 28.8 Å². The molecule has 0 saturated heterocycles. The summed E-state index contributed by atoms with van der Waals surface area (Å²) in [4.78, 5) is 18.7. The van der Waals surface area contributed by atoms with E-state index < -0.39 is 17.6 Å². The van der Waals surface area contributed by atoms with Gasteiger partial charge >= 0.3 is 5.97 Å². The molecule has 1 aliphatic heterocycles. The number of nitrogens with zero attached hydrogens (tertiary/aromatic N) is 2. The summed E-state index contributed by atoms with van der Waals surface area (Å²) in [5, 5.41) is 10.7. The highest BCUT2D eigenvalue weighted by molar-refractivity contribution is 6.30. The van der Waals surface area contributed by atoms with E-state index in [1.54, 1.807) is 25.4 Å². The molecular formula is C16H19ClN2O3. The maximum absolute atomic E-state index is 12.3. The van der Waals surface area contributed by atoms with Crippen molar-refractivity contribution in [2.24, 2.45) is 10.9 Å². The van der Waals surface area contributed by atoms with E-state index in [9.17, 15) is 9.90 Å². The van der Waals surface area contributed by atoms with Crippen LogP contribution in [0.3, 0.4) is 0 Å². The Balaban J connectivity index is 2.01. The topological polar surface area (TPSA) is 62.1 Å². The van der Waals surface area contributed by atoms with Gasteiger partial charge in [-0.3, -0.25) is 4.99 Å². The average molecular weight is 323 g/mol. The number of phenolic OH excluding ortho intramolecular Hbond substituents is 1. The molecule has 1 N–H and O–H groups in total. The molecule has 1 heterocycles. The number of esters is 1. The Morgan fingerprint density at radius 2 is 2.27 bits per heavy atom. The van der Waals surface area contributed by atoms with Gasteiger partial charge in [0.25, 0.3) is 0 Å². The molecule has 2 aliphatic rings. The summed E-state index contributed by atoms with van der Waals surface area (Å²) >= 11 is 5.92. The lowest BCUT2D eigenvalue weighted by atomic mass is 9.87. The SMILES string of the molecule is COC(=O)[C@@]1(C)N=CN(CC2CC2)[C@H]1c1ccc(Cl)cc1O. The molecule has 0 amide bonds. The Morgan fingerprint density at radius 1 is 1.55 bits per heavy atom. The molecule has 1 fully saturated rings. The largest absolute Gasteiger partial charge is 0.508 e. The number of hydrogen-bond donors (Lipinski definition) is 1. The van der Waals surface area contributed by atoms with Gasteiger partial charge in [-0.05, 0) is 37.8 Å². The molecule has 1 aromatic carbocycles. The van der Waals surface area contributed by atoms with Crippen molar-refractivity contribution in [2.75, 3.05) is 13.7 Å². The predicted molar refractivity (Wildman–Crippen MR) is 84.2 cm³/mol. The maximum Gasteiger partial charge on any atom is 0.336 e. The summed E-state index contributed by atoms with van der Waals surface area (Å²) in [6.07, 6.45) is 4.09. The number of rotatable bonds is 4. The third-order valence-electron chi connectivity index (χ3n) is 4.39. The van der Waals surface area contributed by atoms with E-state index >= 15 is 0 Å². The molecule has 0 radical (unpaired) electrons. The summed E-state index contributed by atoms with van der Waals surface area (Å²) in [7, 11) is 1.35. The minimum absolute atomic E-state index is 0.0684. The second kappa shape index (κ2) is 5.47. The molecule has 0 spiro atoms. The van der Waals surface area contributed by atoms with E-state index in [0.717, 1.165) is 6.54 Å². The van der Waals surface area contributed by atoms with Gasteiger partial charge in [0.1, 0.15) is 5.75 Å². The molecule has 0 aromatic heterocycles. The molecule has 1 aliphatic carbocycles. The van der Waals surface area contributed by atoms with Crippen LogP contribution in [0.25, 0.3) is 0 Å². The fourth-order valence-corrected chi connectivity index (χ4v) is 3.17. The quantitative estimate of drug-likeness (QED) is 0.866. The van der Waals surface area contributed by atoms with Gasteiger partial charge in [0.05, 0.1) is 19.5 Å². The van der Waals surface area contributed by atoms with Crippen LogP contribution in [0.2, 0.25) is 5.02 Å². The molecule has 6 heteroatoms. The van der Waals surface area contributed by atoms with Crippen molar-refractivity contribution in [1.29, 1.82) is 0 Å². The molecule has 3 rings (SSSR count). The lowest BCUT2D eigenvalue weighted by Crippen LogP contribution is -2.43.